The molecule has 39 heavy (non-hydrogen) atoms. The average Bonchev–Trinajstić information content (AvgIpc) is 3.34. The van der Waals surface area contributed by atoms with Crippen molar-refractivity contribution >= 4 is 76.8 Å². The van der Waals surface area contributed by atoms with Crippen LogP contribution < -0.4 is 9.47 Å². The number of halogens is 2. The van der Waals surface area contributed by atoms with Crippen LogP contribution in [0.3, 0.4) is 0 Å². The molecule has 0 atom stereocenters. The Morgan fingerprint density at radius 3 is 2.38 bits per heavy atom. The van der Waals surface area contributed by atoms with Crippen molar-refractivity contribution in [2.45, 2.75) is 39.2 Å². The van der Waals surface area contributed by atoms with Gasteiger partial charge in [-0.1, -0.05) is 47.5 Å². The molecule has 8 nitrogen and oxygen atoms in total. The van der Waals surface area contributed by atoms with Gasteiger partial charge in [-0.15, -0.1) is 0 Å². The van der Waals surface area contributed by atoms with Crippen molar-refractivity contribution in [2.75, 3.05) is 23.0 Å². The van der Waals surface area contributed by atoms with Crippen LogP contribution in [0.2, 0.25) is 10.0 Å². The maximum absolute atomic E-state index is 11.3. The molecule has 0 fully saturated rings. The molecule has 1 aliphatic heterocycles. The summed E-state index contributed by atoms with van der Waals surface area (Å²) in [6.45, 7) is 2.82. The molecule has 2 heterocycles. The van der Waals surface area contributed by atoms with E-state index in [1.165, 1.54) is 0 Å². The van der Waals surface area contributed by atoms with Crippen molar-refractivity contribution in [3.05, 3.63) is 74.4 Å². The van der Waals surface area contributed by atoms with Gasteiger partial charge in [-0.2, -0.15) is 21.4 Å². The molecule has 210 valence electrons. The van der Waals surface area contributed by atoms with Gasteiger partial charge in [-0.3, -0.25) is 9.11 Å². The van der Waals surface area contributed by atoms with Gasteiger partial charge in [0.15, 0.2) is 6.54 Å². The number of nitrogens with zero attached hydrogens (tertiary/aromatic N) is 2. The van der Waals surface area contributed by atoms with E-state index in [-0.39, 0.29) is 24.3 Å². The minimum atomic E-state index is -4.08. The third kappa shape index (κ3) is 8.03. The summed E-state index contributed by atoms with van der Waals surface area (Å²) in [5.41, 5.74) is 4.87. The Kier molecular flexibility index (Phi) is 9.42. The van der Waals surface area contributed by atoms with Crippen molar-refractivity contribution in [3.8, 4) is 0 Å². The largest absolute Gasteiger partial charge is 0.344 e. The molecule has 2 N–H and O–H groups in total. The fourth-order valence-electron chi connectivity index (χ4n) is 4.62. The van der Waals surface area contributed by atoms with Crippen LogP contribution in [0.5, 0.6) is 0 Å². The van der Waals surface area contributed by atoms with Crippen LogP contribution in [0.15, 0.2) is 53.7 Å². The Hall–Kier alpha value is -1.99. The molecule has 1 aromatic heterocycles. The summed E-state index contributed by atoms with van der Waals surface area (Å²) in [4.78, 5) is 2.04. The van der Waals surface area contributed by atoms with Gasteiger partial charge < -0.3 is 4.90 Å². The zero-order chi connectivity index (χ0) is 28.4. The highest BCUT2D eigenvalue weighted by Crippen LogP contribution is 2.37. The first-order chi connectivity index (χ1) is 18.3. The van der Waals surface area contributed by atoms with E-state index < -0.39 is 20.2 Å². The molecule has 3 aromatic rings. The number of aromatic nitrogens is 1. The van der Waals surface area contributed by atoms with Crippen molar-refractivity contribution in [2.24, 2.45) is 0 Å². The van der Waals surface area contributed by atoms with Crippen LogP contribution in [0.4, 0.5) is 5.69 Å². The molecular formula is C26H29Cl2N2O6S3+. The van der Waals surface area contributed by atoms with Crippen molar-refractivity contribution in [1.82, 2.24) is 0 Å². The minimum absolute atomic E-state index is 0.239. The fourth-order valence-corrected chi connectivity index (χ4v) is 7.08. The summed E-state index contributed by atoms with van der Waals surface area (Å²) in [5, 5.41) is 2.06. The smallest absolute Gasteiger partial charge is 0.265 e. The second kappa shape index (κ2) is 12.3. The second-order valence-corrected chi connectivity index (χ2v) is 14.4. The molecule has 0 bridgehead atoms. The van der Waals surface area contributed by atoms with E-state index in [0.29, 0.717) is 36.0 Å². The summed E-state index contributed by atoms with van der Waals surface area (Å²) in [6.07, 6.45) is 5.99. The summed E-state index contributed by atoms with van der Waals surface area (Å²) in [6, 6.07) is 11.2. The zero-order valence-corrected chi connectivity index (χ0v) is 25.1. The summed E-state index contributed by atoms with van der Waals surface area (Å²) < 4.78 is 66.6. The highest BCUT2D eigenvalue weighted by atomic mass is 35.5. The highest BCUT2D eigenvalue weighted by Gasteiger charge is 2.26. The molecule has 2 aromatic carbocycles. The molecule has 0 saturated carbocycles. The Balaban J connectivity index is 1.71. The number of benzene rings is 2. The third-order valence-corrected chi connectivity index (χ3v) is 9.58. The number of allylic oxidation sites excluding steroid dienone is 3. The lowest BCUT2D eigenvalue weighted by Crippen LogP contribution is -2.36. The van der Waals surface area contributed by atoms with Crippen LogP contribution in [0.25, 0.3) is 16.3 Å². The third-order valence-electron chi connectivity index (χ3n) is 6.39. The van der Waals surface area contributed by atoms with Gasteiger partial charge in [0, 0.05) is 53.0 Å². The Labute approximate surface area is 242 Å². The molecule has 0 aliphatic carbocycles. The Morgan fingerprint density at radius 2 is 1.69 bits per heavy atom. The first-order valence-corrected chi connectivity index (χ1v) is 17.1. The van der Waals surface area contributed by atoms with Crippen LogP contribution in [0, 0.1) is 0 Å². The van der Waals surface area contributed by atoms with E-state index in [1.54, 1.807) is 11.3 Å². The first-order valence-electron chi connectivity index (χ1n) is 12.3. The molecule has 1 aliphatic rings. The monoisotopic (exact) mass is 631 g/mol. The molecule has 0 radical (unpaired) electrons. The fraction of sp³-hybridized carbons (Fsp3) is 0.346. The number of hydrogen-bond acceptors (Lipinski definition) is 6. The van der Waals surface area contributed by atoms with Crippen LogP contribution in [0.1, 0.15) is 36.8 Å². The highest BCUT2D eigenvalue weighted by molar-refractivity contribution is 7.86. The topological polar surface area (TPSA) is 116 Å². The Morgan fingerprint density at radius 1 is 1.03 bits per heavy atom. The number of hydrogen-bond donors (Lipinski definition) is 2. The normalized spacial score (nSPS) is 15.5. The van der Waals surface area contributed by atoms with Gasteiger partial charge in [0.25, 0.3) is 25.2 Å². The van der Waals surface area contributed by atoms with Crippen molar-refractivity contribution in [1.29, 1.82) is 0 Å². The van der Waals surface area contributed by atoms with E-state index in [9.17, 15) is 25.9 Å². The molecule has 0 amide bonds. The summed E-state index contributed by atoms with van der Waals surface area (Å²) in [7, 11) is -8.15. The lowest BCUT2D eigenvalue weighted by Gasteiger charge is -2.22. The lowest BCUT2D eigenvalue weighted by atomic mass is 10.1. The van der Waals surface area contributed by atoms with Gasteiger partial charge in [0.05, 0.1) is 11.5 Å². The van der Waals surface area contributed by atoms with Gasteiger partial charge in [0.2, 0.25) is 5.52 Å². The van der Waals surface area contributed by atoms with Crippen molar-refractivity contribution < 1.29 is 30.5 Å². The molecule has 0 unspecified atom stereocenters. The van der Waals surface area contributed by atoms with E-state index in [0.717, 1.165) is 37.7 Å². The molecule has 4 rings (SSSR count). The quantitative estimate of drug-likeness (QED) is 0.203. The predicted molar refractivity (Wildman–Crippen MR) is 158 cm³/mol. The number of aryl methyl sites for hydroxylation is 1. The van der Waals surface area contributed by atoms with E-state index >= 15 is 0 Å². The van der Waals surface area contributed by atoms with Crippen LogP contribution in [-0.2, 0) is 33.2 Å². The van der Waals surface area contributed by atoms with E-state index in [1.807, 2.05) is 52.8 Å². The average molecular weight is 633 g/mol. The predicted octanol–water partition coefficient (Wildman–Crippen LogP) is 5.79. The second-order valence-electron chi connectivity index (χ2n) is 9.29. The number of rotatable bonds is 11. The van der Waals surface area contributed by atoms with Gasteiger partial charge in [0.1, 0.15) is 4.70 Å². The molecular weight excluding hydrogens is 603 g/mol. The first kappa shape index (κ1) is 30.0. The van der Waals surface area contributed by atoms with Gasteiger partial charge in [-0.25, -0.2) is 0 Å². The lowest BCUT2D eigenvalue weighted by molar-refractivity contribution is -0.668. The molecule has 0 spiro atoms. The summed E-state index contributed by atoms with van der Waals surface area (Å²) >= 11 is 14.1. The molecule has 0 saturated heterocycles. The van der Waals surface area contributed by atoms with Crippen molar-refractivity contribution in [3.63, 3.8) is 0 Å². The zero-order valence-electron chi connectivity index (χ0n) is 21.2. The number of thiazole rings is 1. The number of fused-ring (bicyclic) bond motifs is 2. The standard InChI is InChI=1S/C26H28Cl2N2O6S3/c1-2-18(13-22-15-19-5-6-20(27)16-23(19)29(22)9-3-11-38(31,32)33)14-26-30(10-4-12-39(34,35)36)24-17-21(28)7-8-25(24)37-26/h5-8,13-14,16-17H,2-4,9-12,15H2,1H3,(H-,31,32,33,34,35,36)/p+1. The summed E-state index contributed by atoms with van der Waals surface area (Å²) in [5.74, 6) is -0.678. The maximum Gasteiger partial charge on any atom is 0.265 e. The van der Waals surface area contributed by atoms with Gasteiger partial charge in [-0.05, 0) is 54.3 Å². The van der Waals surface area contributed by atoms with E-state index in [4.69, 9.17) is 23.2 Å². The van der Waals surface area contributed by atoms with Crippen LogP contribution in [-0.4, -0.2) is 44.0 Å². The Bertz CT molecular complexity index is 1660. The van der Waals surface area contributed by atoms with Gasteiger partial charge >= 0.3 is 0 Å². The minimum Gasteiger partial charge on any atom is -0.344 e. The van der Waals surface area contributed by atoms with E-state index in [2.05, 4.69) is 12.2 Å². The molecule has 13 heteroatoms. The number of anilines is 1. The van der Waals surface area contributed by atoms with Crippen LogP contribution >= 0.6 is 34.5 Å². The SMILES string of the molecule is CCC(=C/c1sc2ccc(Cl)cc2[n+]1CCCS(=O)(=O)O)/C=C1\Cc2ccc(Cl)cc2N1CCCS(=O)(=O)O. The maximum atomic E-state index is 11.3.